The van der Waals surface area contributed by atoms with E-state index in [-0.39, 0.29) is 18.4 Å². The van der Waals surface area contributed by atoms with Gasteiger partial charge in [0, 0.05) is 12.0 Å². The van der Waals surface area contributed by atoms with Gasteiger partial charge in [-0.25, -0.2) is 4.79 Å². The van der Waals surface area contributed by atoms with Gasteiger partial charge in [-0.15, -0.1) is 0 Å². The maximum atomic E-state index is 11.1. The Morgan fingerprint density at radius 1 is 1.33 bits per heavy atom. The Morgan fingerprint density at radius 3 is 2.20 bits per heavy atom. The number of hydrogen-bond donors (Lipinski definition) is 3. The van der Waals surface area contributed by atoms with Crippen LogP contribution < -0.4 is 5.32 Å². The van der Waals surface area contributed by atoms with Crippen molar-refractivity contribution in [1.82, 2.24) is 5.32 Å². The van der Waals surface area contributed by atoms with Crippen molar-refractivity contribution >= 4 is 17.8 Å². The van der Waals surface area contributed by atoms with Gasteiger partial charge in [-0.3, -0.25) is 9.59 Å². The van der Waals surface area contributed by atoms with E-state index in [1.165, 1.54) is 6.92 Å². The third-order valence-electron chi connectivity index (χ3n) is 1.64. The number of carboxylic acids is 2. The lowest BCUT2D eigenvalue weighted by Crippen LogP contribution is -2.41. The first-order valence-corrected chi connectivity index (χ1v) is 4.25. The molecule has 0 aromatic heterocycles. The number of carbonyl (C=O) groups excluding carboxylic acids is 1. The van der Waals surface area contributed by atoms with E-state index in [0.717, 1.165) is 0 Å². The van der Waals surface area contributed by atoms with Crippen molar-refractivity contribution in [2.75, 3.05) is 0 Å². The van der Waals surface area contributed by atoms with Crippen LogP contribution in [0, 0.1) is 0 Å². The number of hydrogen-bond acceptors (Lipinski definition) is 3. The highest BCUT2D eigenvalue weighted by Gasteiger charge is 2.20. The lowest BCUT2D eigenvalue weighted by atomic mass is 10.1. The molecule has 0 fully saturated rings. The molecule has 0 saturated carbocycles. The van der Waals surface area contributed by atoms with E-state index in [9.17, 15) is 14.4 Å². The Bertz CT molecular complexity index is 297. The van der Waals surface area contributed by atoms with Crippen LogP contribution in [0.2, 0.25) is 0 Å². The predicted octanol–water partition coefficient (Wildman–Crippen LogP) is -0.00330. The quantitative estimate of drug-likeness (QED) is 0.541. The molecule has 1 atom stereocenters. The minimum Gasteiger partial charge on any atom is -0.481 e. The van der Waals surface area contributed by atoms with Crippen LogP contribution in [0.25, 0.3) is 0 Å². The van der Waals surface area contributed by atoms with Crippen LogP contribution in [0.3, 0.4) is 0 Å². The van der Waals surface area contributed by atoms with Crippen LogP contribution in [-0.2, 0) is 14.4 Å². The molecule has 0 radical (unpaired) electrons. The number of carboxylic acid groups (broad SMARTS) is 2. The molecular weight excluding hydrogens is 202 g/mol. The highest BCUT2D eigenvalue weighted by molar-refractivity contribution is 5.94. The van der Waals surface area contributed by atoms with Crippen molar-refractivity contribution in [3.8, 4) is 0 Å². The number of amides is 1. The normalized spacial score (nSPS) is 11.5. The van der Waals surface area contributed by atoms with E-state index < -0.39 is 23.9 Å². The number of rotatable bonds is 6. The molecule has 3 N–H and O–H groups in total. The summed E-state index contributed by atoms with van der Waals surface area (Å²) in [6, 6.07) is -1.19. The van der Waals surface area contributed by atoms with Crippen molar-refractivity contribution in [3.63, 3.8) is 0 Å². The van der Waals surface area contributed by atoms with Crippen LogP contribution in [0.15, 0.2) is 12.2 Å². The SMILES string of the molecule is C=C(C)C(=O)N[C@H](CCC(=O)O)C(=O)O. The average molecular weight is 215 g/mol. The largest absolute Gasteiger partial charge is 0.481 e. The lowest BCUT2D eigenvalue weighted by molar-refractivity contribution is -0.142. The summed E-state index contributed by atoms with van der Waals surface area (Å²) < 4.78 is 0. The molecular formula is C9H13NO5. The van der Waals surface area contributed by atoms with E-state index in [1.807, 2.05) is 0 Å². The van der Waals surface area contributed by atoms with Crippen molar-refractivity contribution in [2.45, 2.75) is 25.8 Å². The Balaban J connectivity index is 4.28. The van der Waals surface area contributed by atoms with Crippen LogP contribution in [0.4, 0.5) is 0 Å². The summed E-state index contributed by atoms with van der Waals surface area (Å²) in [6.45, 7) is 4.78. The van der Waals surface area contributed by atoms with Crippen molar-refractivity contribution < 1.29 is 24.6 Å². The molecule has 0 aromatic rings. The number of aliphatic carboxylic acids is 2. The van der Waals surface area contributed by atoms with E-state index in [1.54, 1.807) is 0 Å². The smallest absolute Gasteiger partial charge is 0.326 e. The molecule has 0 aliphatic heterocycles. The predicted molar refractivity (Wildman–Crippen MR) is 51.3 cm³/mol. The maximum absolute atomic E-state index is 11.1. The molecule has 6 nitrogen and oxygen atoms in total. The summed E-state index contributed by atoms with van der Waals surface area (Å²) in [7, 11) is 0. The fourth-order valence-corrected chi connectivity index (χ4v) is 0.807. The summed E-state index contributed by atoms with van der Waals surface area (Å²) in [4.78, 5) is 31.9. The highest BCUT2D eigenvalue weighted by Crippen LogP contribution is 1.99. The number of carbonyl (C=O) groups is 3. The first-order valence-electron chi connectivity index (χ1n) is 4.25. The molecule has 1 amide bonds. The Morgan fingerprint density at radius 2 is 1.87 bits per heavy atom. The minimum absolute atomic E-state index is 0.149. The van der Waals surface area contributed by atoms with Crippen LogP contribution >= 0.6 is 0 Å². The summed E-state index contributed by atoms with van der Waals surface area (Å²) >= 11 is 0. The summed E-state index contributed by atoms with van der Waals surface area (Å²) in [5.41, 5.74) is 0.177. The molecule has 0 heterocycles. The second-order valence-corrected chi connectivity index (χ2v) is 3.08. The summed E-state index contributed by atoms with van der Waals surface area (Å²) in [5.74, 6) is -2.95. The fraction of sp³-hybridized carbons (Fsp3) is 0.444. The Kier molecular flexibility index (Phi) is 5.08. The van der Waals surface area contributed by atoms with Gasteiger partial charge in [-0.1, -0.05) is 6.58 Å². The maximum Gasteiger partial charge on any atom is 0.326 e. The van der Waals surface area contributed by atoms with E-state index in [0.29, 0.717) is 0 Å². The van der Waals surface area contributed by atoms with Gasteiger partial charge >= 0.3 is 11.9 Å². The first-order chi connectivity index (χ1) is 6.84. The zero-order valence-electron chi connectivity index (χ0n) is 8.32. The third kappa shape index (κ3) is 5.45. The zero-order chi connectivity index (χ0) is 12.0. The Labute approximate surface area is 86.6 Å². The van der Waals surface area contributed by atoms with Gasteiger partial charge in [0.25, 0.3) is 0 Å². The summed E-state index contributed by atoms with van der Waals surface area (Å²) in [6.07, 6.45) is -0.461. The Hall–Kier alpha value is -1.85. The lowest BCUT2D eigenvalue weighted by Gasteiger charge is -2.12. The van der Waals surface area contributed by atoms with Gasteiger partial charge in [-0.05, 0) is 13.3 Å². The van der Waals surface area contributed by atoms with E-state index >= 15 is 0 Å². The molecule has 0 aromatic carbocycles. The monoisotopic (exact) mass is 215 g/mol. The molecule has 0 aliphatic rings. The summed E-state index contributed by atoms with van der Waals surface area (Å²) in [5, 5.41) is 19.2. The van der Waals surface area contributed by atoms with Crippen molar-refractivity contribution in [1.29, 1.82) is 0 Å². The van der Waals surface area contributed by atoms with Gasteiger partial charge in [0.05, 0.1) is 0 Å². The van der Waals surface area contributed by atoms with E-state index in [2.05, 4.69) is 11.9 Å². The van der Waals surface area contributed by atoms with Gasteiger partial charge in [0.1, 0.15) is 6.04 Å². The molecule has 0 spiro atoms. The van der Waals surface area contributed by atoms with Crippen LogP contribution in [0.1, 0.15) is 19.8 Å². The molecule has 0 aliphatic carbocycles. The van der Waals surface area contributed by atoms with Gasteiger partial charge < -0.3 is 15.5 Å². The van der Waals surface area contributed by atoms with E-state index in [4.69, 9.17) is 10.2 Å². The van der Waals surface area contributed by atoms with Crippen molar-refractivity contribution in [2.24, 2.45) is 0 Å². The molecule has 84 valence electrons. The molecule has 0 rings (SSSR count). The topological polar surface area (TPSA) is 104 Å². The number of nitrogens with one attached hydrogen (secondary N) is 1. The van der Waals surface area contributed by atoms with Crippen molar-refractivity contribution in [3.05, 3.63) is 12.2 Å². The average Bonchev–Trinajstić information content (AvgIpc) is 2.10. The second kappa shape index (κ2) is 5.79. The molecule has 0 unspecified atom stereocenters. The second-order valence-electron chi connectivity index (χ2n) is 3.08. The molecule has 0 bridgehead atoms. The minimum atomic E-state index is -1.26. The fourth-order valence-electron chi connectivity index (χ4n) is 0.807. The zero-order valence-corrected chi connectivity index (χ0v) is 8.32. The molecule has 6 heteroatoms. The van der Waals surface area contributed by atoms with Crippen LogP contribution in [0.5, 0.6) is 0 Å². The standard InChI is InChI=1S/C9H13NO5/c1-5(2)8(13)10-6(9(14)15)3-4-7(11)12/h6H,1,3-4H2,2H3,(H,10,13)(H,11,12)(H,14,15)/t6-/m1/s1. The van der Waals surface area contributed by atoms with Gasteiger partial charge in [0.2, 0.25) is 5.91 Å². The third-order valence-corrected chi connectivity index (χ3v) is 1.64. The van der Waals surface area contributed by atoms with Crippen LogP contribution in [-0.4, -0.2) is 34.1 Å². The molecule has 0 saturated heterocycles. The van der Waals surface area contributed by atoms with Gasteiger partial charge in [-0.2, -0.15) is 0 Å². The van der Waals surface area contributed by atoms with Gasteiger partial charge in [0.15, 0.2) is 0 Å². The first kappa shape index (κ1) is 13.2. The molecule has 15 heavy (non-hydrogen) atoms. The highest BCUT2D eigenvalue weighted by atomic mass is 16.4.